The van der Waals surface area contributed by atoms with Crippen molar-refractivity contribution < 1.29 is 18.4 Å². The van der Waals surface area contributed by atoms with E-state index >= 15 is 0 Å². The monoisotopic (exact) mass is 505 g/mol. The van der Waals surface area contributed by atoms with Crippen LogP contribution in [-0.4, -0.2) is 61.4 Å². The van der Waals surface area contributed by atoms with E-state index in [9.17, 15) is 18.4 Å². The Labute approximate surface area is 212 Å². The molecule has 2 aromatic carbocycles. The van der Waals surface area contributed by atoms with Crippen molar-refractivity contribution in [2.45, 2.75) is 32.1 Å². The van der Waals surface area contributed by atoms with E-state index in [1.54, 1.807) is 7.05 Å². The normalized spacial score (nSPS) is 19.0. The van der Waals surface area contributed by atoms with Crippen LogP contribution in [-0.2, 0) is 16.0 Å². The number of piperidine rings is 1. The van der Waals surface area contributed by atoms with Gasteiger partial charge in [-0.3, -0.25) is 9.59 Å². The van der Waals surface area contributed by atoms with Gasteiger partial charge >= 0.3 is 0 Å². The summed E-state index contributed by atoms with van der Waals surface area (Å²) in [5.41, 5.74) is 1.46. The molecule has 2 aliphatic rings. The molecule has 2 amide bonds. The quantitative estimate of drug-likeness (QED) is 0.529. The molecule has 2 fully saturated rings. The molecule has 0 N–H and O–H groups in total. The molecule has 190 valence electrons. The van der Waals surface area contributed by atoms with Crippen LogP contribution in [0.5, 0.6) is 0 Å². The lowest BCUT2D eigenvalue weighted by atomic mass is 9.90. The Balaban J connectivity index is 0.00000342. The molecule has 1 unspecified atom stereocenters. The smallest absolute Gasteiger partial charge is 0.232 e. The summed E-state index contributed by atoms with van der Waals surface area (Å²) in [5, 5.41) is 0. The molecule has 0 radical (unpaired) electrons. The van der Waals surface area contributed by atoms with Gasteiger partial charge in [0.05, 0.1) is 11.6 Å². The van der Waals surface area contributed by atoms with E-state index in [0.717, 1.165) is 45.0 Å². The third-order valence-electron chi connectivity index (χ3n) is 7.09. The molecule has 4 rings (SSSR count). The van der Waals surface area contributed by atoms with Gasteiger partial charge in [0.25, 0.3) is 0 Å². The van der Waals surface area contributed by atoms with Crippen molar-refractivity contribution in [2.75, 3.05) is 44.7 Å². The second-order valence-corrected chi connectivity index (χ2v) is 9.59. The molecule has 2 heterocycles. The molecule has 5 nitrogen and oxygen atoms in total. The Morgan fingerprint density at radius 2 is 1.80 bits per heavy atom. The van der Waals surface area contributed by atoms with Crippen LogP contribution >= 0.6 is 12.4 Å². The standard InChI is InChI=1S/C27H33F2N3O2.ClH/c1-30-19-22(17-26(30)33)27(34)32(25-9-8-23(28)18-24(25)29)13-5-12-31-14-10-21(11-15-31)16-20-6-3-2-4-7-20;/h2-4,6-9,18,21-22H,5,10-17,19H2,1H3;1H. The van der Waals surface area contributed by atoms with Gasteiger partial charge in [0.2, 0.25) is 11.8 Å². The van der Waals surface area contributed by atoms with Gasteiger partial charge in [-0.25, -0.2) is 8.78 Å². The number of benzene rings is 2. The molecule has 35 heavy (non-hydrogen) atoms. The molecular weight excluding hydrogens is 472 g/mol. The Bertz CT molecular complexity index is 999. The van der Waals surface area contributed by atoms with E-state index in [1.165, 1.54) is 27.5 Å². The van der Waals surface area contributed by atoms with Gasteiger partial charge < -0.3 is 14.7 Å². The molecule has 0 spiro atoms. The van der Waals surface area contributed by atoms with Crippen molar-refractivity contribution in [3.8, 4) is 0 Å². The molecule has 2 saturated heterocycles. The molecule has 0 saturated carbocycles. The molecular formula is C27H34ClF2N3O2. The minimum absolute atomic E-state index is 0. The Morgan fingerprint density at radius 1 is 1.09 bits per heavy atom. The van der Waals surface area contributed by atoms with Gasteiger partial charge in [-0.2, -0.15) is 0 Å². The maximum atomic E-state index is 14.6. The zero-order chi connectivity index (χ0) is 24.1. The first-order chi connectivity index (χ1) is 16.4. The molecule has 2 aliphatic heterocycles. The fraction of sp³-hybridized carbons (Fsp3) is 0.481. The number of amides is 2. The fourth-order valence-electron chi connectivity index (χ4n) is 5.11. The highest BCUT2D eigenvalue weighted by Crippen LogP contribution is 2.27. The first kappa shape index (κ1) is 27.1. The molecule has 1 atom stereocenters. The minimum atomic E-state index is -0.757. The summed E-state index contributed by atoms with van der Waals surface area (Å²) in [4.78, 5) is 30.5. The Hall–Kier alpha value is -2.51. The zero-order valence-corrected chi connectivity index (χ0v) is 21.0. The summed E-state index contributed by atoms with van der Waals surface area (Å²) in [7, 11) is 1.67. The average molecular weight is 506 g/mol. The largest absolute Gasteiger partial charge is 0.345 e. The van der Waals surface area contributed by atoms with Crippen LogP contribution in [0.1, 0.15) is 31.2 Å². The Morgan fingerprint density at radius 3 is 2.43 bits per heavy atom. The van der Waals surface area contributed by atoms with E-state index in [0.29, 0.717) is 25.4 Å². The van der Waals surface area contributed by atoms with Gasteiger partial charge in [-0.1, -0.05) is 30.3 Å². The first-order valence-electron chi connectivity index (χ1n) is 12.2. The molecule has 0 aliphatic carbocycles. The van der Waals surface area contributed by atoms with Crippen LogP contribution in [0.2, 0.25) is 0 Å². The number of rotatable bonds is 8. The van der Waals surface area contributed by atoms with Crippen molar-refractivity contribution in [3.63, 3.8) is 0 Å². The summed E-state index contributed by atoms with van der Waals surface area (Å²) in [6, 6.07) is 13.9. The third kappa shape index (κ3) is 7.01. The van der Waals surface area contributed by atoms with Crippen LogP contribution in [0.15, 0.2) is 48.5 Å². The molecule has 0 aromatic heterocycles. The fourth-order valence-corrected chi connectivity index (χ4v) is 5.11. The highest BCUT2D eigenvalue weighted by atomic mass is 35.5. The lowest BCUT2D eigenvalue weighted by molar-refractivity contribution is -0.127. The first-order valence-corrected chi connectivity index (χ1v) is 12.2. The topological polar surface area (TPSA) is 43.9 Å². The van der Waals surface area contributed by atoms with Gasteiger partial charge in [-0.15, -0.1) is 12.4 Å². The van der Waals surface area contributed by atoms with Gasteiger partial charge in [0.1, 0.15) is 11.6 Å². The van der Waals surface area contributed by atoms with E-state index in [1.807, 2.05) is 6.07 Å². The maximum Gasteiger partial charge on any atom is 0.232 e. The number of carbonyl (C=O) groups is 2. The van der Waals surface area contributed by atoms with Crippen molar-refractivity contribution in [2.24, 2.45) is 11.8 Å². The van der Waals surface area contributed by atoms with Crippen LogP contribution in [0, 0.1) is 23.5 Å². The zero-order valence-electron chi connectivity index (χ0n) is 20.2. The highest BCUT2D eigenvalue weighted by molar-refractivity contribution is 5.99. The third-order valence-corrected chi connectivity index (χ3v) is 7.09. The van der Waals surface area contributed by atoms with Crippen molar-refractivity contribution >= 4 is 29.9 Å². The minimum Gasteiger partial charge on any atom is -0.345 e. The van der Waals surface area contributed by atoms with Crippen LogP contribution in [0.3, 0.4) is 0 Å². The average Bonchev–Trinajstić information content (AvgIpc) is 3.17. The molecule has 2 aromatic rings. The summed E-state index contributed by atoms with van der Waals surface area (Å²) in [6.07, 6.45) is 4.20. The second-order valence-electron chi connectivity index (χ2n) is 9.59. The van der Waals surface area contributed by atoms with Crippen LogP contribution in [0.25, 0.3) is 0 Å². The summed E-state index contributed by atoms with van der Waals surface area (Å²) in [6.45, 7) is 3.50. The Kier molecular flexibility index (Phi) is 9.63. The predicted molar refractivity (Wildman–Crippen MR) is 136 cm³/mol. The number of hydrogen-bond donors (Lipinski definition) is 0. The van der Waals surface area contributed by atoms with E-state index < -0.39 is 17.6 Å². The number of carbonyl (C=O) groups excluding carboxylic acids is 2. The number of likely N-dealkylation sites (tertiary alicyclic amines) is 2. The van der Waals surface area contributed by atoms with Crippen molar-refractivity contribution in [1.29, 1.82) is 0 Å². The predicted octanol–water partition coefficient (Wildman–Crippen LogP) is 4.54. The van der Waals surface area contributed by atoms with Crippen LogP contribution < -0.4 is 4.90 Å². The van der Waals surface area contributed by atoms with E-state index in [-0.39, 0.29) is 36.3 Å². The second kappa shape index (κ2) is 12.5. The number of halogens is 3. The molecule has 8 heteroatoms. The van der Waals surface area contributed by atoms with Crippen molar-refractivity contribution in [1.82, 2.24) is 9.80 Å². The van der Waals surface area contributed by atoms with Gasteiger partial charge in [0, 0.05) is 32.6 Å². The summed E-state index contributed by atoms with van der Waals surface area (Å²) < 4.78 is 28.1. The van der Waals surface area contributed by atoms with Gasteiger partial charge in [-0.05, 0) is 68.9 Å². The summed E-state index contributed by atoms with van der Waals surface area (Å²) in [5.74, 6) is -1.62. The number of anilines is 1. The maximum absolute atomic E-state index is 14.6. The lowest BCUT2D eigenvalue weighted by Crippen LogP contribution is -2.41. The van der Waals surface area contributed by atoms with Crippen LogP contribution in [0.4, 0.5) is 14.5 Å². The molecule has 0 bridgehead atoms. The van der Waals surface area contributed by atoms with Crippen molar-refractivity contribution in [3.05, 3.63) is 65.7 Å². The van der Waals surface area contributed by atoms with Gasteiger partial charge in [0.15, 0.2) is 0 Å². The SMILES string of the molecule is CN1CC(C(=O)N(CCCN2CCC(Cc3ccccc3)CC2)c2ccc(F)cc2F)CC1=O.Cl. The number of hydrogen-bond acceptors (Lipinski definition) is 3. The van der Waals surface area contributed by atoms with E-state index in [2.05, 4.69) is 29.2 Å². The number of nitrogens with zero attached hydrogens (tertiary/aromatic N) is 3. The summed E-state index contributed by atoms with van der Waals surface area (Å²) >= 11 is 0. The van der Waals surface area contributed by atoms with E-state index in [4.69, 9.17) is 0 Å². The lowest BCUT2D eigenvalue weighted by Gasteiger charge is -2.33. The highest BCUT2D eigenvalue weighted by Gasteiger charge is 2.36.